The zero-order chi connectivity index (χ0) is 10.8. The molecule has 1 aliphatic carbocycles. The van der Waals surface area contributed by atoms with Crippen LogP contribution in [0.4, 0.5) is 4.39 Å². The summed E-state index contributed by atoms with van der Waals surface area (Å²) in [7, 11) is 0. The van der Waals surface area contributed by atoms with E-state index in [1.165, 1.54) is 17.2 Å². The molecule has 2 heteroatoms. The van der Waals surface area contributed by atoms with Crippen LogP contribution < -0.4 is 0 Å². The van der Waals surface area contributed by atoms with E-state index in [9.17, 15) is 4.39 Å². The van der Waals surface area contributed by atoms with Crippen LogP contribution >= 0.6 is 11.6 Å². The van der Waals surface area contributed by atoms with Crippen molar-refractivity contribution < 1.29 is 4.39 Å². The maximum Gasteiger partial charge on any atom is 0.123 e. The highest BCUT2D eigenvalue weighted by atomic mass is 35.5. The van der Waals surface area contributed by atoms with E-state index in [1.54, 1.807) is 6.07 Å². The summed E-state index contributed by atoms with van der Waals surface area (Å²) in [6.45, 7) is 1.95. The van der Waals surface area contributed by atoms with Gasteiger partial charge in [0, 0.05) is 0 Å². The fourth-order valence-electron chi connectivity index (χ4n) is 2.00. The summed E-state index contributed by atoms with van der Waals surface area (Å²) in [6.07, 6.45) is 5.15. The number of alkyl halides is 1. The molecule has 1 unspecified atom stereocenters. The van der Waals surface area contributed by atoms with Crippen molar-refractivity contribution in [3.8, 4) is 0 Å². The first kappa shape index (κ1) is 10.7. The molecule has 1 atom stereocenters. The van der Waals surface area contributed by atoms with Crippen molar-refractivity contribution in [1.29, 1.82) is 0 Å². The molecule has 0 saturated carbocycles. The van der Waals surface area contributed by atoms with Crippen LogP contribution in [0.15, 0.2) is 29.8 Å². The SMILES string of the molecule is Cc1cc(F)ccc1CC1=CC(Cl)CC1. The summed E-state index contributed by atoms with van der Waals surface area (Å²) in [5, 5.41) is 0.195. The molecule has 1 aromatic rings. The molecule has 0 nitrogen and oxygen atoms in total. The van der Waals surface area contributed by atoms with Gasteiger partial charge in [0.05, 0.1) is 5.38 Å². The Morgan fingerprint density at radius 1 is 1.47 bits per heavy atom. The molecule has 0 aromatic heterocycles. The van der Waals surface area contributed by atoms with Gasteiger partial charge < -0.3 is 0 Å². The maximum absolute atomic E-state index is 12.9. The highest BCUT2D eigenvalue weighted by Gasteiger charge is 2.13. The van der Waals surface area contributed by atoms with Gasteiger partial charge in [0.25, 0.3) is 0 Å². The highest BCUT2D eigenvalue weighted by Crippen LogP contribution is 2.26. The van der Waals surface area contributed by atoms with E-state index in [0.29, 0.717) is 0 Å². The van der Waals surface area contributed by atoms with E-state index in [2.05, 4.69) is 6.08 Å². The van der Waals surface area contributed by atoms with E-state index in [0.717, 1.165) is 24.8 Å². The van der Waals surface area contributed by atoms with Crippen LogP contribution in [0.5, 0.6) is 0 Å². The Morgan fingerprint density at radius 3 is 2.87 bits per heavy atom. The minimum Gasteiger partial charge on any atom is -0.207 e. The fraction of sp³-hybridized carbons (Fsp3) is 0.385. The minimum absolute atomic E-state index is 0.160. The Morgan fingerprint density at radius 2 is 2.27 bits per heavy atom. The van der Waals surface area contributed by atoms with Gasteiger partial charge in [0.15, 0.2) is 0 Å². The Hall–Kier alpha value is -0.820. The lowest BCUT2D eigenvalue weighted by molar-refractivity contribution is 0.625. The second-order valence-corrected chi connectivity index (χ2v) is 4.69. The Balaban J connectivity index is 2.14. The first-order valence-corrected chi connectivity index (χ1v) is 5.67. The molecule has 1 aliphatic rings. The second kappa shape index (κ2) is 4.36. The van der Waals surface area contributed by atoms with Crippen molar-refractivity contribution in [2.45, 2.75) is 31.6 Å². The molecule has 0 fully saturated rings. The van der Waals surface area contributed by atoms with Gasteiger partial charge in [-0.05, 0) is 49.4 Å². The molecule has 1 aromatic carbocycles. The predicted octanol–water partition coefficient (Wildman–Crippen LogP) is 4.00. The number of hydrogen-bond donors (Lipinski definition) is 0. The zero-order valence-corrected chi connectivity index (χ0v) is 9.52. The molecular formula is C13H14ClF. The van der Waals surface area contributed by atoms with Crippen LogP contribution in [-0.4, -0.2) is 5.38 Å². The monoisotopic (exact) mass is 224 g/mol. The van der Waals surface area contributed by atoms with Gasteiger partial charge in [-0.15, -0.1) is 11.6 Å². The van der Waals surface area contributed by atoms with Crippen molar-refractivity contribution in [1.82, 2.24) is 0 Å². The van der Waals surface area contributed by atoms with Crippen molar-refractivity contribution in [3.05, 3.63) is 46.8 Å². The van der Waals surface area contributed by atoms with Crippen LogP contribution in [0.25, 0.3) is 0 Å². The lowest BCUT2D eigenvalue weighted by Crippen LogP contribution is -1.92. The summed E-state index contributed by atoms with van der Waals surface area (Å²) < 4.78 is 12.9. The van der Waals surface area contributed by atoms with Crippen molar-refractivity contribution in [3.63, 3.8) is 0 Å². The van der Waals surface area contributed by atoms with Crippen LogP contribution in [0.2, 0.25) is 0 Å². The largest absolute Gasteiger partial charge is 0.207 e. The van der Waals surface area contributed by atoms with E-state index in [4.69, 9.17) is 11.6 Å². The molecule has 0 bridgehead atoms. The number of halogens is 2. The smallest absolute Gasteiger partial charge is 0.123 e. The average Bonchev–Trinajstić information content (AvgIpc) is 2.56. The lowest BCUT2D eigenvalue weighted by Gasteiger charge is -2.06. The van der Waals surface area contributed by atoms with Gasteiger partial charge in [-0.1, -0.05) is 17.7 Å². The van der Waals surface area contributed by atoms with Crippen molar-refractivity contribution in [2.24, 2.45) is 0 Å². The molecule has 0 radical (unpaired) electrons. The normalized spacial score (nSPS) is 20.5. The van der Waals surface area contributed by atoms with Crippen molar-refractivity contribution in [2.75, 3.05) is 0 Å². The maximum atomic E-state index is 12.9. The number of rotatable bonds is 2. The van der Waals surface area contributed by atoms with E-state index in [-0.39, 0.29) is 11.2 Å². The summed E-state index contributed by atoms with van der Waals surface area (Å²) in [5.74, 6) is -0.160. The van der Waals surface area contributed by atoms with Gasteiger partial charge in [-0.3, -0.25) is 0 Å². The quantitative estimate of drug-likeness (QED) is 0.526. The summed E-state index contributed by atoms with van der Waals surface area (Å²) in [5.41, 5.74) is 3.60. The third-order valence-electron chi connectivity index (χ3n) is 2.88. The predicted molar refractivity (Wildman–Crippen MR) is 61.8 cm³/mol. The first-order valence-electron chi connectivity index (χ1n) is 5.24. The van der Waals surface area contributed by atoms with Gasteiger partial charge >= 0.3 is 0 Å². The van der Waals surface area contributed by atoms with Crippen molar-refractivity contribution >= 4 is 11.6 Å². The Kier molecular flexibility index (Phi) is 3.11. The van der Waals surface area contributed by atoms with Crippen LogP contribution in [0.1, 0.15) is 24.0 Å². The molecular weight excluding hydrogens is 211 g/mol. The van der Waals surface area contributed by atoms with Gasteiger partial charge in [0.2, 0.25) is 0 Å². The molecule has 0 heterocycles. The summed E-state index contributed by atoms with van der Waals surface area (Å²) in [6, 6.07) is 4.98. The Bertz CT molecular complexity index is 396. The molecule has 0 aliphatic heterocycles. The summed E-state index contributed by atoms with van der Waals surface area (Å²) >= 11 is 6.00. The molecule has 80 valence electrons. The molecule has 0 saturated heterocycles. The standard InChI is InChI=1S/C13H14ClF/c1-9-6-13(15)5-3-11(9)7-10-2-4-12(14)8-10/h3,5-6,8,12H,2,4,7H2,1H3. The van der Waals surface area contributed by atoms with Gasteiger partial charge in [0.1, 0.15) is 5.82 Å². The fourth-order valence-corrected chi connectivity index (χ4v) is 2.28. The number of hydrogen-bond acceptors (Lipinski definition) is 0. The highest BCUT2D eigenvalue weighted by molar-refractivity contribution is 6.22. The summed E-state index contributed by atoms with van der Waals surface area (Å²) in [4.78, 5) is 0. The van der Waals surface area contributed by atoms with E-state index >= 15 is 0 Å². The minimum atomic E-state index is -0.160. The topological polar surface area (TPSA) is 0 Å². The van der Waals surface area contributed by atoms with E-state index < -0.39 is 0 Å². The van der Waals surface area contributed by atoms with Crippen LogP contribution in [-0.2, 0) is 6.42 Å². The molecule has 2 rings (SSSR count). The van der Waals surface area contributed by atoms with Crippen LogP contribution in [0.3, 0.4) is 0 Å². The third-order valence-corrected chi connectivity index (χ3v) is 3.22. The second-order valence-electron chi connectivity index (χ2n) is 4.13. The number of allylic oxidation sites excluding steroid dienone is 2. The van der Waals surface area contributed by atoms with Gasteiger partial charge in [-0.25, -0.2) is 4.39 Å². The number of benzene rings is 1. The Labute approximate surface area is 94.8 Å². The van der Waals surface area contributed by atoms with E-state index in [1.807, 2.05) is 13.0 Å². The molecule has 0 N–H and O–H groups in total. The lowest BCUT2D eigenvalue weighted by atomic mass is 10.0. The molecule has 0 amide bonds. The third kappa shape index (κ3) is 2.60. The average molecular weight is 225 g/mol. The van der Waals surface area contributed by atoms with Crippen LogP contribution in [0, 0.1) is 12.7 Å². The number of aryl methyl sites for hydroxylation is 1. The van der Waals surface area contributed by atoms with Gasteiger partial charge in [-0.2, -0.15) is 0 Å². The zero-order valence-electron chi connectivity index (χ0n) is 8.76. The molecule has 0 spiro atoms. The molecule has 15 heavy (non-hydrogen) atoms. The first-order chi connectivity index (χ1) is 7.15.